The predicted octanol–water partition coefficient (Wildman–Crippen LogP) is 1.85. The summed E-state index contributed by atoms with van der Waals surface area (Å²) in [4.78, 5) is 14.9. The first kappa shape index (κ1) is 13.9. The summed E-state index contributed by atoms with van der Waals surface area (Å²) in [5.41, 5.74) is 6.48. The van der Waals surface area contributed by atoms with Crippen molar-refractivity contribution in [3.63, 3.8) is 0 Å². The molecule has 0 bridgehead atoms. The minimum Gasteiger partial charge on any atom is -0.409 e. The van der Waals surface area contributed by atoms with Gasteiger partial charge in [-0.2, -0.15) is 0 Å². The van der Waals surface area contributed by atoms with Gasteiger partial charge < -0.3 is 15.8 Å². The molecular formula is C16H21N3O2. The Kier molecular flexibility index (Phi) is 3.57. The van der Waals surface area contributed by atoms with Crippen molar-refractivity contribution < 1.29 is 10.0 Å². The van der Waals surface area contributed by atoms with Crippen LogP contribution in [-0.4, -0.2) is 34.4 Å². The number of rotatable bonds is 3. The molecule has 0 radical (unpaired) electrons. The summed E-state index contributed by atoms with van der Waals surface area (Å²) in [5.74, 6) is 0.275. The predicted molar refractivity (Wildman–Crippen MR) is 80.1 cm³/mol. The molecule has 1 aliphatic heterocycles. The maximum atomic E-state index is 13.0. The Hall–Kier alpha value is -2.04. The highest BCUT2D eigenvalue weighted by Crippen LogP contribution is 2.50. The molecule has 2 aliphatic rings. The highest BCUT2D eigenvalue weighted by Gasteiger charge is 2.54. The second kappa shape index (κ2) is 5.39. The molecule has 1 aromatic carbocycles. The molecule has 1 saturated heterocycles. The van der Waals surface area contributed by atoms with Gasteiger partial charge in [0.15, 0.2) is 5.84 Å². The Labute approximate surface area is 124 Å². The van der Waals surface area contributed by atoms with E-state index >= 15 is 0 Å². The molecule has 1 atom stereocenters. The summed E-state index contributed by atoms with van der Waals surface area (Å²) in [6, 6.07) is 9.68. The fraction of sp³-hybridized carbons (Fsp3) is 0.500. The van der Waals surface area contributed by atoms with Crippen molar-refractivity contribution >= 4 is 11.7 Å². The molecule has 0 aromatic heterocycles. The Bertz CT molecular complexity index is 552. The van der Waals surface area contributed by atoms with Crippen molar-refractivity contribution in [3.05, 3.63) is 35.9 Å². The van der Waals surface area contributed by atoms with Crippen molar-refractivity contribution in [2.45, 2.75) is 43.6 Å². The second-order valence-corrected chi connectivity index (χ2v) is 5.98. The third-order valence-corrected chi connectivity index (χ3v) is 4.71. The van der Waals surface area contributed by atoms with Gasteiger partial charge in [0.1, 0.15) is 0 Å². The second-order valence-electron chi connectivity index (χ2n) is 5.98. The van der Waals surface area contributed by atoms with Crippen LogP contribution < -0.4 is 5.73 Å². The van der Waals surface area contributed by atoms with Crippen LogP contribution in [0, 0.1) is 0 Å². The van der Waals surface area contributed by atoms with Gasteiger partial charge in [-0.3, -0.25) is 4.79 Å². The van der Waals surface area contributed by atoms with Crippen molar-refractivity contribution in [1.29, 1.82) is 0 Å². The van der Waals surface area contributed by atoms with Crippen LogP contribution in [0.1, 0.15) is 37.7 Å². The number of benzene rings is 1. The van der Waals surface area contributed by atoms with Gasteiger partial charge in [-0.1, -0.05) is 35.5 Å². The summed E-state index contributed by atoms with van der Waals surface area (Å²) < 4.78 is 0. The lowest BCUT2D eigenvalue weighted by Crippen LogP contribution is -2.53. The summed E-state index contributed by atoms with van der Waals surface area (Å²) in [7, 11) is 0. The van der Waals surface area contributed by atoms with Crippen LogP contribution in [-0.2, 0) is 10.2 Å². The standard InChI is InChI=1S/C16H21N3O2/c17-14(18-21)13-8-4-5-11-19(13)15(20)16(9-10-16)12-6-2-1-3-7-12/h1-3,6-7,13,21H,4-5,8-11H2,(H2,17,18). The molecule has 1 saturated carbocycles. The number of nitrogens with zero attached hydrogens (tertiary/aromatic N) is 2. The molecule has 3 N–H and O–H groups in total. The van der Waals surface area contributed by atoms with E-state index < -0.39 is 0 Å². The summed E-state index contributed by atoms with van der Waals surface area (Å²) >= 11 is 0. The Morgan fingerprint density at radius 2 is 2.00 bits per heavy atom. The number of piperidine rings is 1. The van der Waals surface area contributed by atoms with Crippen LogP contribution in [0.5, 0.6) is 0 Å². The molecule has 3 rings (SSSR count). The van der Waals surface area contributed by atoms with Gasteiger partial charge in [0.2, 0.25) is 5.91 Å². The van der Waals surface area contributed by atoms with Crippen LogP contribution >= 0.6 is 0 Å². The molecule has 112 valence electrons. The van der Waals surface area contributed by atoms with E-state index in [-0.39, 0.29) is 23.2 Å². The molecule has 1 heterocycles. The number of likely N-dealkylation sites (tertiary alicyclic amines) is 1. The highest BCUT2D eigenvalue weighted by atomic mass is 16.4. The quantitative estimate of drug-likeness (QED) is 0.385. The van der Waals surface area contributed by atoms with E-state index in [0.29, 0.717) is 6.54 Å². The zero-order chi connectivity index (χ0) is 14.9. The number of amides is 1. The van der Waals surface area contributed by atoms with Crippen LogP contribution in [0.15, 0.2) is 35.5 Å². The molecule has 2 fully saturated rings. The van der Waals surface area contributed by atoms with E-state index in [4.69, 9.17) is 10.9 Å². The number of oxime groups is 1. The zero-order valence-electron chi connectivity index (χ0n) is 12.0. The third kappa shape index (κ3) is 2.37. The fourth-order valence-corrected chi connectivity index (χ4v) is 3.33. The van der Waals surface area contributed by atoms with Gasteiger partial charge in [-0.25, -0.2) is 0 Å². The normalized spacial score (nSPS) is 24.7. The van der Waals surface area contributed by atoms with E-state index in [0.717, 1.165) is 37.7 Å². The van der Waals surface area contributed by atoms with Crippen molar-refractivity contribution in [1.82, 2.24) is 4.90 Å². The van der Waals surface area contributed by atoms with Gasteiger partial charge in [0.25, 0.3) is 0 Å². The summed E-state index contributed by atoms with van der Waals surface area (Å²) in [5, 5.41) is 12.1. The van der Waals surface area contributed by atoms with E-state index in [9.17, 15) is 4.79 Å². The zero-order valence-corrected chi connectivity index (χ0v) is 12.0. The minimum atomic E-state index is -0.382. The SMILES string of the molecule is NC(=NO)C1CCCCN1C(=O)C1(c2ccccc2)CC1. The van der Waals surface area contributed by atoms with Gasteiger partial charge in [0, 0.05) is 6.54 Å². The van der Waals surface area contributed by atoms with E-state index in [1.165, 1.54) is 0 Å². The lowest BCUT2D eigenvalue weighted by atomic mass is 9.91. The van der Waals surface area contributed by atoms with E-state index in [2.05, 4.69) is 5.16 Å². The first-order chi connectivity index (χ1) is 10.2. The van der Waals surface area contributed by atoms with Gasteiger partial charge >= 0.3 is 0 Å². The van der Waals surface area contributed by atoms with Crippen LogP contribution in [0.25, 0.3) is 0 Å². The summed E-state index contributed by atoms with van der Waals surface area (Å²) in [6.07, 6.45) is 4.52. The molecule has 21 heavy (non-hydrogen) atoms. The lowest BCUT2D eigenvalue weighted by molar-refractivity contribution is -0.136. The molecular weight excluding hydrogens is 266 g/mol. The third-order valence-electron chi connectivity index (χ3n) is 4.71. The average molecular weight is 287 g/mol. The molecule has 0 spiro atoms. The molecule has 1 aliphatic carbocycles. The van der Waals surface area contributed by atoms with Gasteiger partial charge in [0.05, 0.1) is 11.5 Å². The number of amidine groups is 1. The summed E-state index contributed by atoms with van der Waals surface area (Å²) in [6.45, 7) is 0.689. The largest absolute Gasteiger partial charge is 0.409 e. The van der Waals surface area contributed by atoms with Crippen molar-refractivity contribution in [2.75, 3.05) is 6.54 Å². The molecule has 1 amide bonds. The number of nitrogens with two attached hydrogens (primary N) is 1. The molecule has 1 aromatic rings. The Morgan fingerprint density at radius 1 is 1.29 bits per heavy atom. The number of carbonyl (C=O) groups is 1. The monoisotopic (exact) mass is 287 g/mol. The van der Waals surface area contributed by atoms with E-state index in [1.54, 1.807) is 0 Å². The van der Waals surface area contributed by atoms with Crippen molar-refractivity contribution in [2.24, 2.45) is 10.9 Å². The maximum absolute atomic E-state index is 13.0. The Morgan fingerprint density at radius 3 is 2.62 bits per heavy atom. The molecule has 5 heteroatoms. The van der Waals surface area contributed by atoms with Crippen molar-refractivity contribution in [3.8, 4) is 0 Å². The van der Waals surface area contributed by atoms with Gasteiger partial charge in [-0.05, 0) is 37.7 Å². The van der Waals surface area contributed by atoms with Crippen LogP contribution in [0.4, 0.5) is 0 Å². The molecule has 1 unspecified atom stereocenters. The highest BCUT2D eigenvalue weighted by molar-refractivity contribution is 5.96. The van der Waals surface area contributed by atoms with Crippen LogP contribution in [0.2, 0.25) is 0 Å². The maximum Gasteiger partial charge on any atom is 0.233 e. The first-order valence-corrected chi connectivity index (χ1v) is 7.53. The molecule has 5 nitrogen and oxygen atoms in total. The number of carbonyl (C=O) groups excluding carboxylic acids is 1. The van der Waals surface area contributed by atoms with Gasteiger partial charge in [-0.15, -0.1) is 0 Å². The fourth-order valence-electron chi connectivity index (χ4n) is 3.33. The topological polar surface area (TPSA) is 78.9 Å². The number of hydrogen-bond donors (Lipinski definition) is 2. The minimum absolute atomic E-state index is 0.130. The Balaban J connectivity index is 1.87. The number of hydrogen-bond acceptors (Lipinski definition) is 3. The smallest absolute Gasteiger partial charge is 0.233 e. The van der Waals surface area contributed by atoms with Crippen LogP contribution in [0.3, 0.4) is 0 Å². The first-order valence-electron chi connectivity index (χ1n) is 7.53. The lowest BCUT2D eigenvalue weighted by Gasteiger charge is -2.37. The average Bonchev–Trinajstić information content (AvgIpc) is 3.36. The van der Waals surface area contributed by atoms with E-state index in [1.807, 2.05) is 35.2 Å².